The number of nitrogens with zero attached hydrogens (tertiary/aromatic N) is 1. The van der Waals surface area contributed by atoms with Crippen LogP contribution in [0.25, 0.3) is 10.9 Å². The van der Waals surface area contributed by atoms with Gasteiger partial charge in [0.25, 0.3) is 11.5 Å². The van der Waals surface area contributed by atoms with Gasteiger partial charge in [-0.1, -0.05) is 18.2 Å². The quantitative estimate of drug-likeness (QED) is 0.905. The molecule has 0 saturated carbocycles. The van der Waals surface area contributed by atoms with Crippen LogP contribution in [0.2, 0.25) is 0 Å². The van der Waals surface area contributed by atoms with Gasteiger partial charge in [0.1, 0.15) is 5.56 Å². The van der Waals surface area contributed by atoms with Crippen LogP contribution in [0.3, 0.4) is 0 Å². The molecule has 4 nitrogen and oxygen atoms in total. The van der Waals surface area contributed by atoms with Crippen LogP contribution in [0.5, 0.6) is 0 Å². The van der Waals surface area contributed by atoms with Crippen molar-refractivity contribution in [3.05, 3.63) is 46.2 Å². The van der Waals surface area contributed by atoms with E-state index in [1.165, 1.54) is 0 Å². The summed E-state index contributed by atoms with van der Waals surface area (Å²) in [6, 6.07) is 8.99. The normalized spacial score (nSPS) is 10.4. The minimum atomic E-state index is -0.685. The molecule has 0 unspecified atom stereocenters. The molecule has 1 amide bonds. The van der Waals surface area contributed by atoms with Gasteiger partial charge in [-0.05, 0) is 31.4 Å². The van der Waals surface area contributed by atoms with Crippen molar-refractivity contribution >= 4 is 29.2 Å². The maximum atomic E-state index is 12.1. The molecule has 18 heavy (non-hydrogen) atoms. The number of pyridine rings is 1. The van der Waals surface area contributed by atoms with E-state index >= 15 is 0 Å². The molecule has 0 radical (unpaired) electrons. The summed E-state index contributed by atoms with van der Waals surface area (Å²) in [5.41, 5.74) is 5.75. The topological polar surface area (TPSA) is 65.1 Å². The number of primary amides is 1. The Morgan fingerprint density at radius 2 is 1.89 bits per heavy atom. The first-order valence-corrected chi connectivity index (χ1v) is 5.46. The van der Waals surface area contributed by atoms with Crippen LogP contribution in [-0.4, -0.2) is 10.5 Å². The number of para-hydroxylation sites is 1. The van der Waals surface area contributed by atoms with Gasteiger partial charge in [-0.15, -0.1) is 12.4 Å². The zero-order valence-corrected chi connectivity index (χ0v) is 11.0. The number of hydrogen-bond acceptors (Lipinski definition) is 2. The van der Waals surface area contributed by atoms with Crippen molar-refractivity contribution in [2.24, 2.45) is 5.73 Å². The number of amides is 1. The molecule has 1 aromatic carbocycles. The highest BCUT2D eigenvalue weighted by Crippen LogP contribution is 2.16. The Morgan fingerprint density at radius 3 is 2.44 bits per heavy atom. The van der Waals surface area contributed by atoms with Crippen molar-refractivity contribution in [2.45, 2.75) is 19.9 Å². The zero-order chi connectivity index (χ0) is 12.6. The van der Waals surface area contributed by atoms with Crippen molar-refractivity contribution in [1.29, 1.82) is 0 Å². The van der Waals surface area contributed by atoms with E-state index in [4.69, 9.17) is 5.73 Å². The van der Waals surface area contributed by atoms with Crippen LogP contribution in [0.15, 0.2) is 35.1 Å². The monoisotopic (exact) mass is 266 g/mol. The number of carbonyl (C=O) groups is 1. The minimum Gasteiger partial charge on any atom is -0.365 e. The SMILES string of the molecule is CC(C)n1c(=O)c(C(N)=O)cc2ccccc21.Cl. The number of carbonyl (C=O) groups excluding carboxylic acids is 1. The number of halogens is 1. The highest BCUT2D eigenvalue weighted by atomic mass is 35.5. The fourth-order valence-corrected chi connectivity index (χ4v) is 1.97. The van der Waals surface area contributed by atoms with E-state index < -0.39 is 5.91 Å². The molecule has 0 aliphatic carbocycles. The molecule has 0 bridgehead atoms. The van der Waals surface area contributed by atoms with Gasteiger partial charge in [0.15, 0.2) is 0 Å². The third kappa shape index (κ3) is 2.24. The van der Waals surface area contributed by atoms with E-state index in [-0.39, 0.29) is 29.6 Å². The van der Waals surface area contributed by atoms with Gasteiger partial charge in [-0.25, -0.2) is 0 Å². The summed E-state index contributed by atoms with van der Waals surface area (Å²) in [4.78, 5) is 23.4. The van der Waals surface area contributed by atoms with Gasteiger partial charge in [-0.2, -0.15) is 0 Å². The Hall–Kier alpha value is -1.81. The minimum absolute atomic E-state index is 0. The van der Waals surface area contributed by atoms with Gasteiger partial charge >= 0.3 is 0 Å². The lowest BCUT2D eigenvalue weighted by Gasteiger charge is -2.14. The number of fused-ring (bicyclic) bond motifs is 1. The predicted octanol–water partition coefficient (Wildman–Crippen LogP) is 2.10. The Bertz CT molecular complexity index is 647. The molecule has 2 N–H and O–H groups in total. The van der Waals surface area contributed by atoms with Crippen molar-refractivity contribution in [1.82, 2.24) is 4.57 Å². The van der Waals surface area contributed by atoms with E-state index in [9.17, 15) is 9.59 Å². The molecule has 5 heteroatoms. The third-order valence-corrected chi connectivity index (χ3v) is 2.73. The average molecular weight is 267 g/mol. The number of hydrogen-bond donors (Lipinski definition) is 1. The average Bonchev–Trinajstić information content (AvgIpc) is 2.27. The highest BCUT2D eigenvalue weighted by molar-refractivity contribution is 5.96. The lowest BCUT2D eigenvalue weighted by Crippen LogP contribution is -2.30. The van der Waals surface area contributed by atoms with E-state index in [0.717, 1.165) is 10.9 Å². The summed E-state index contributed by atoms with van der Waals surface area (Å²) < 4.78 is 1.59. The van der Waals surface area contributed by atoms with E-state index in [0.29, 0.717) is 0 Å². The zero-order valence-electron chi connectivity index (χ0n) is 10.2. The van der Waals surface area contributed by atoms with Crippen molar-refractivity contribution in [3.8, 4) is 0 Å². The Morgan fingerprint density at radius 1 is 1.28 bits per heavy atom. The van der Waals surface area contributed by atoms with Crippen LogP contribution in [0, 0.1) is 0 Å². The highest BCUT2D eigenvalue weighted by Gasteiger charge is 2.14. The van der Waals surface area contributed by atoms with Gasteiger partial charge in [0.05, 0.1) is 5.52 Å². The molecule has 0 aliphatic rings. The number of nitrogens with two attached hydrogens (primary N) is 1. The maximum Gasteiger partial charge on any atom is 0.264 e. The summed E-state index contributed by atoms with van der Waals surface area (Å²) in [7, 11) is 0. The molecule has 2 rings (SSSR count). The van der Waals surface area contributed by atoms with Crippen LogP contribution >= 0.6 is 12.4 Å². The maximum absolute atomic E-state index is 12.1. The van der Waals surface area contributed by atoms with E-state index in [1.54, 1.807) is 10.6 Å². The molecule has 0 atom stereocenters. The summed E-state index contributed by atoms with van der Waals surface area (Å²) in [5, 5.41) is 0.842. The molecule has 2 aromatic rings. The van der Waals surface area contributed by atoms with Gasteiger partial charge in [-0.3, -0.25) is 9.59 Å². The van der Waals surface area contributed by atoms with Crippen molar-refractivity contribution in [3.63, 3.8) is 0 Å². The molecule has 0 fully saturated rings. The molecule has 0 aliphatic heterocycles. The van der Waals surface area contributed by atoms with E-state index in [1.807, 2.05) is 38.1 Å². The lowest BCUT2D eigenvalue weighted by molar-refractivity contribution is 0.0998. The number of benzene rings is 1. The van der Waals surface area contributed by atoms with E-state index in [2.05, 4.69) is 0 Å². The molecule has 0 spiro atoms. The summed E-state index contributed by atoms with van der Waals surface area (Å²) >= 11 is 0. The first-order chi connectivity index (χ1) is 8.02. The van der Waals surface area contributed by atoms with Gasteiger partial charge in [0, 0.05) is 6.04 Å². The standard InChI is InChI=1S/C13H14N2O2.ClH/c1-8(2)15-11-6-4-3-5-9(11)7-10(12(14)16)13(15)17;/h3-8H,1-2H3,(H2,14,16);1H. The largest absolute Gasteiger partial charge is 0.365 e. The summed E-state index contributed by atoms with van der Waals surface area (Å²) in [6.45, 7) is 3.80. The molecular weight excluding hydrogens is 252 g/mol. The predicted molar refractivity (Wildman–Crippen MR) is 74.4 cm³/mol. The molecular formula is C13H15ClN2O2. The van der Waals surface area contributed by atoms with Crippen LogP contribution < -0.4 is 11.3 Å². The van der Waals surface area contributed by atoms with Crippen LogP contribution in [0.4, 0.5) is 0 Å². The molecule has 96 valence electrons. The second-order valence-electron chi connectivity index (χ2n) is 4.25. The Labute approximate surface area is 111 Å². The Balaban J connectivity index is 0.00000162. The molecule has 1 aromatic heterocycles. The summed E-state index contributed by atoms with van der Waals surface area (Å²) in [5.74, 6) is -0.685. The fourth-order valence-electron chi connectivity index (χ4n) is 1.97. The van der Waals surface area contributed by atoms with Gasteiger partial charge < -0.3 is 10.3 Å². The van der Waals surface area contributed by atoms with Crippen LogP contribution in [0.1, 0.15) is 30.2 Å². The van der Waals surface area contributed by atoms with Crippen molar-refractivity contribution < 1.29 is 4.79 Å². The Kier molecular flexibility index (Phi) is 4.14. The lowest BCUT2D eigenvalue weighted by atomic mass is 10.1. The first kappa shape index (κ1) is 14.3. The molecule has 0 saturated heterocycles. The number of aromatic nitrogens is 1. The molecule has 1 heterocycles. The first-order valence-electron chi connectivity index (χ1n) is 5.46. The number of rotatable bonds is 2. The second kappa shape index (κ2) is 5.23. The van der Waals surface area contributed by atoms with Gasteiger partial charge in [0.2, 0.25) is 0 Å². The second-order valence-corrected chi connectivity index (χ2v) is 4.25. The van der Waals surface area contributed by atoms with Crippen LogP contribution in [-0.2, 0) is 0 Å². The van der Waals surface area contributed by atoms with Crippen molar-refractivity contribution in [2.75, 3.05) is 0 Å². The summed E-state index contributed by atoms with van der Waals surface area (Å²) in [6.07, 6.45) is 0. The smallest absolute Gasteiger partial charge is 0.264 e. The third-order valence-electron chi connectivity index (χ3n) is 2.73. The fraction of sp³-hybridized carbons (Fsp3) is 0.231.